The van der Waals surface area contributed by atoms with Gasteiger partial charge in [-0.25, -0.2) is 10.2 Å². The molecule has 0 spiro atoms. The van der Waals surface area contributed by atoms with Crippen LogP contribution in [0, 0.1) is 0 Å². The number of hydrogen-bond donors (Lipinski definition) is 1. The van der Waals surface area contributed by atoms with Gasteiger partial charge in [0.2, 0.25) is 5.91 Å². The van der Waals surface area contributed by atoms with Crippen molar-refractivity contribution in [1.82, 2.24) is 10.4 Å². The summed E-state index contributed by atoms with van der Waals surface area (Å²) in [6, 6.07) is 9.27. The van der Waals surface area contributed by atoms with Gasteiger partial charge in [-0.1, -0.05) is 30.3 Å². The minimum atomic E-state index is -0.620. The lowest BCUT2D eigenvalue weighted by atomic mass is 9.93. The first-order valence-corrected chi connectivity index (χ1v) is 7.59. The maximum absolute atomic E-state index is 12.3. The highest BCUT2D eigenvalue weighted by Gasteiger charge is 2.38. The van der Waals surface area contributed by atoms with Gasteiger partial charge in [0.05, 0.1) is 18.9 Å². The molecule has 1 N–H and O–H groups in total. The van der Waals surface area contributed by atoms with Crippen LogP contribution in [-0.4, -0.2) is 40.9 Å². The van der Waals surface area contributed by atoms with Crippen LogP contribution < -0.4 is 5.43 Å². The van der Waals surface area contributed by atoms with Gasteiger partial charge in [-0.15, -0.1) is 0 Å². The number of amides is 2. The Balaban J connectivity index is 1.92. The number of nitrogens with one attached hydrogen (secondary N) is 1. The summed E-state index contributed by atoms with van der Waals surface area (Å²) in [5.41, 5.74) is 3.25. The van der Waals surface area contributed by atoms with Crippen molar-refractivity contribution in [3.05, 3.63) is 35.9 Å². The van der Waals surface area contributed by atoms with Crippen LogP contribution in [0.2, 0.25) is 0 Å². The van der Waals surface area contributed by atoms with Crippen molar-refractivity contribution >= 4 is 29.3 Å². The highest BCUT2D eigenvalue weighted by molar-refractivity contribution is 6.42. The number of amidine groups is 1. The maximum Gasteiger partial charge on any atom is 0.355 e. The summed E-state index contributed by atoms with van der Waals surface area (Å²) < 4.78 is 4.88. The molecule has 8 nitrogen and oxygen atoms in total. The summed E-state index contributed by atoms with van der Waals surface area (Å²) in [5.74, 6) is -1.35. The van der Waals surface area contributed by atoms with Gasteiger partial charge in [0.15, 0.2) is 11.5 Å². The van der Waals surface area contributed by atoms with E-state index in [1.807, 2.05) is 30.3 Å². The van der Waals surface area contributed by atoms with Gasteiger partial charge in [0.1, 0.15) is 0 Å². The molecule has 1 unspecified atom stereocenters. The molecule has 24 heavy (non-hydrogen) atoms. The Morgan fingerprint density at radius 1 is 1.33 bits per heavy atom. The van der Waals surface area contributed by atoms with E-state index in [0.717, 1.165) is 10.6 Å². The zero-order valence-electron chi connectivity index (χ0n) is 13.1. The van der Waals surface area contributed by atoms with Crippen LogP contribution in [0.5, 0.6) is 0 Å². The Morgan fingerprint density at radius 2 is 2.08 bits per heavy atom. The van der Waals surface area contributed by atoms with Gasteiger partial charge < -0.3 is 4.74 Å². The Kier molecular flexibility index (Phi) is 4.37. The molecule has 2 aliphatic rings. The molecule has 0 radical (unpaired) electrons. The third-order valence-electron chi connectivity index (χ3n) is 3.70. The topological polar surface area (TPSA) is 100 Å². The van der Waals surface area contributed by atoms with Crippen LogP contribution in [0.3, 0.4) is 0 Å². The Hall–Kier alpha value is -3.03. The molecule has 1 aromatic carbocycles. The first-order valence-electron chi connectivity index (χ1n) is 7.59. The molecular weight excluding hydrogens is 312 g/mol. The third-order valence-corrected chi connectivity index (χ3v) is 3.70. The van der Waals surface area contributed by atoms with E-state index in [1.54, 1.807) is 6.92 Å². The van der Waals surface area contributed by atoms with E-state index in [0.29, 0.717) is 5.84 Å². The quantitative estimate of drug-likeness (QED) is 0.828. The van der Waals surface area contributed by atoms with Crippen LogP contribution >= 0.6 is 0 Å². The number of hydrazone groups is 2. The largest absolute Gasteiger partial charge is 0.461 e. The molecule has 8 heteroatoms. The fourth-order valence-electron chi connectivity index (χ4n) is 2.60. The van der Waals surface area contributed by atoms with Gasteiger partial charge in [-0.3, -0.25) is 9.59 Å². The number of esters is 1. The monoisotopic (exact) mass is 328 g/mol. The van der Waals surface area contributed by atoms with E-state index in [9.17, 15) is 14.4 Å². The van der Waals surface area contributed by atoms with Crippen molar-refractivity contribution in [2.24, 2.45) is 10.2 Å². The molecule has 2 amide bonds. The molecule has 1 atom stereocenters. The Morgan fingerprint density at radius 3 is 2.79 bits per heavy atom. The van der Waals surface area contributed by atoms with Gasteiger partial charge >= 0.3 is 5.97 Å². The third kappa shape index (κ3) is 3.03. The Labute approximate surface area is 138 Å². The zero-order valence-corrected chi connectivity index (χ0v) is 13.1. The van der Waals surface area contributed by atoms with Crippen molar-refractivity contribution < 1.29 is 19.1 Å². The van der Waals surface area contributed by atoms with E-state index >= 15 is 0 Å². The second kappa shape index (κ2) is 6.61. The second-order valence-corrected chi connectivity index (χ2v) is 5.32. The van der Waals surface area contributed by atoms with E-state index in [2.05, 4.69) is 15.6 Å². The predicted molar refractivity (Wildman–Crippen MR) is 84.9 cm³/mol. The average molecular weight is 328 g/mol. The van der Waals surface area contributed by atoms with E-state index < -0.39 is 11.9 Å². The average Bonchev–Trinajstić information content (AvgIpc) is 2.98. The molecule has 124 valence electrons. The van der Waals surface area contributed by atoms with Crippen LogP contribution in [0.1, 0.15) is 31.2 Å². The number of rotatable bonds is 3. The molecule has 0 aromatic heterocycles. The SMILES string of the molecule is CCOC(=O)C1=NN(C2=NNC(=O)CC2c2ccccc2)C(=O)C1. The molecule has 0 fully saturated rings. The summed E-state index contributed by atoms with van der Waals surface area (Å²) >= 11 is 0. The van der Waals surface area contributed by atoms with Crippen molar-refractivity contribution in [2.75, 3.05) is 6.61 Å². The summed E-state index contributed by atoms with van der Waals surface area (Å²) in [6.07, 6.45) is 0.00416. The highest BCUT2D eigenvalue weighted by Crippen LogP contribution is 2.27. The summed E-state index contributed by atoms with van der Waals surface area (Å²) in [6.45, 7) is 1.88. The lowest BCUT2D eigenvalue weighted by molar-refractivity contribution is -0.135. The molecule has 1 aromatic rings. The first kappa shape index (κ1) is 15.9. The number of hydrogen-bond acceptors (Lipinski definition) is 6. The van der Waals surface area contributed by atoms with Crippen LogP contribution in [-0.2, 0) is 19.1 Å². The molecule has 2 aliphatic heterocycles. The minimum Gasteiger partial charge on any atom is -0.461 e. The zero-order chi connectivity index (χ0) is 17.1. The second-order valence-electron chi connectivity index (χ2n) is 5.32. The summed E-state index contributed by atoms with van der Waals surface area (Å²) in [4.78, 5) is 35.8. The first-order chi connectivity index (χ1) is 11.6. The maximum atomic E-state index is 12.3. The summed E-state index contributed by atoms with van der Waals surface area (Å²) in [7, 11) is 0. The molecule has 0 bridgehead atoms. The summed E-state index contributed by atoms with van der Waals surface area (Å²) in [5, 5.41) is 9.15. The number of ether oxygens (including phenoxy) is 1. The Bertz CT molecular complexity index is 742. The van der Waals surface area contributed by atoms with Gasteiger partial charge in [0, 0.05) is 6.42 Å². The normalized spacial score (nSPS) is 20.4. The van der Waals surface area contributed by atoms with Crippen molar-refractivity contribution in [2.45, 2.75) is 25.7 Å². The van der Waals surface area contributed by atoms with E-state index in [4.69, 9.17) is 4.74 Å². The molecule has 0 aliphatic carbocycles. The van der Waals surface area contributed by atoms with Crippen LogP contribution in [0.15, 0.2) is 40.5 Å². The molecule has 3 rings (SSSR count). The van der Waals surface area contributed by atoms with Crippen LogP contribution in [0.25, 0.3) is 0 Å². The van der Waals surface area contributed by atoms with Crippen molar-refractivity contribution in [3.63, 3.8) is 0 Å². The number of carbonyl (C=O) groups excluding carboxylic acids is 3. The number of benzene rings is 1. The van der Waals surface area contributed by atoms with Gasteiger partial charge in [-0.2, -0.15) is 15.2 Å². The van der Waals surface area contributed by atoms with Crippen LogP contribution in [0.4, 0.5) is 0 Å². The number of carbonyl (C=O) groups is 3. The van der Waals surface area contributed by atoms with Crippen molar-refractivity contribution in [3.8, 4) is 0 Å². The van der Waals surface area contributed by atoms with Gasteiger partial charge in [-0.05, 0) is 12.5 Å². The fraction of sp³-hybridized carbons (Fsp3) is 0.312. The highest BCUT2D eigenvalue weighted by atomic mass is 16.5. The minimum absolute atomic E-state index is 0.0354. The standard InChI is InChI=1S/C16H16N4O4/c1-2-24-16(23)12-9-14(22)20(19-12)15-11(8-13(21)17-18-15)10-6-4-3-5-7-10/h3-7,11H,2,8-9H2,1H3,(H,17,21). The molecule has 0 saturated heterocycles. The number of nitrogens with zero attached hydrogens (tertiary/aromatic N) is 3. The molecule has 2 heterocycles. The fourth-order valence-corrected chi connectivity index (χ4v) is 2.60. The van der Waals surface area contributed by atoms with E-state index in [-0.39, 0.29) is 37.0 Å². The van der Waals surface area contributed by atoms with Crippen molar-refractivity contribution in [1.29, 1.82) is 0 Å². The van der Waals surface area contributed by atoms with Gasteiger partial charge in [0.25, 0.3) is 5.91 Å². The predicted octanol–water partition coefficient (Wildman–Crippen LogP) is 0.755. The molecule has 0 saturated carbocycles. The van der Waals surface area contributed by atoms with E-state index in [1.165, 1.54) is 0 Å². The lowest BCUT2D eigenvalue weighted by Crippen LogP contribution is -2.41. The molecular formula is C16H16N4O4. The smallest absolute Gasteiger partial charge is 0.355 e. The lowest BCUT2D eigenvalue weighted by Gasteiger charge is -2.26.